The third-order valence-electron chi connectivity index (χ3n) is 2.08. The molecule has 1 aromatic heterocycles. The van der Waals surface area contributed by atoms with Crippen molar-refractivity contribution >= 4 is 15.9 Å². The van der Waals surface area contributed by atoms with Crippen molar-refractivity contribution in [3.05, 3.63) is 40.6 Å². The van der Waals surface area contributed by atoms with Crippen LogP contribution in [0.3, 0.4) is 0 Å². The van der Waals surface area contributed by atoms with Crippen LogP contribution in [0.15, 0.2) is 35.0 Å². The van der Waals surface area contributed by atoms with Crippen LogP contribution in [-0.4, -0.2) is 10.1 Å². The van der Waals surface area contributed by atoms with Crippen LogP contribution in [0.2, 0.25) is 0 Å². The lowest BCUT2D eigenvalue weighted by molar-refractivity contribution is 0.172. The molecule has 0 saturated heterocycles. The second-order valence-electron chi connectivity index (χ2n) is 3.19. The van der Waals surface area contributed by atoms with Crippen molar-refractivity contribution in [3.63, 3.8) is 0 Å². The molecule has 1 atom stereocenters. The topological polar surface area (TPSA) is 33.1 Å². The molecule has 1 aromatic rings. The average molecular weight is 256 g/mol. The Hall–Kier alpha value is -0.670. The minimum Gasteiger partial charge on any atom is -0.386 e. The molecule has 1 heterocycles. The zero-order valence-corrected chi connectivity index (χ0v) is 9.79. The lowest BCUT2D eigenvalue weighted by Gasteiger charge is -2.12. The number of halogens is 1. The summed E-state index contributed by atoms with van der Waals surface area (Å²) in [4.78, 5) is 4.13. The summed E-state index contributed by atoms with van der Waals surface area (Å²) in [6.45, 7) is 5.90. The van der Waals surface area contributed by atoms with Crippen LogP contribution < -0.4 is 0 Å². The van der Waals surface area contributed by atoms with Gasteiger partial charge in [-0.2, -0.15) is 0 Å². The molecule has 1 rings (SSSR count). The number of hydrogen-bond donors (Lipinski definition) is 1. The smallest absolute Gasteiger partial charge is 0.101 e. The molecule has 0 amide bonds. The number of pyridine rings is 1. The lowest BCUT2D eigenvalue weighted by Crippen LogP contribution is -2.02. The predicted molar refractivity (Wildman–Crippen MR) is 60.9 cm³/mol. The summed E-state index contributed by atoms with van der Waals surface area (Å²) in [6.07, 6.45) is 2.59. The predicted octanol–water partition coefficient (Wildman–Crippen LogP) is 3.23. The quantitative estimate of drug-likeness (QED) is 0.839. The normalized spacial score (nSPS) is 12.5. The molecule has 0 spiro atoms. The fourth-order valence-corrected chi connectivity index (χ4v) is 1.68. The maximum absolute atomic E-state index is 9.85. The second-order valence-corrected chi connectivity index (χ2v) is 4.05. The minimum atomic E-state index is -0.557. The van der Waals surface area contributed by atoms with Gasteiger partial charge in [0, 0.05) is 10.7 Å². The van der Waals surface area contributed by atoms with E-state index >= 15 is 0 Å². The Balaban J connectivity index is 2.74. The Bertz CT molecular complexity index is 325. The van der Waals surface area contributed by atoms with Crippen molar-refractivity contribution in [2.45, 2.75) is 25.9 Å². The average Bonchev–Trinajstić information content (AvgIpc) is 2.18. The molecular formula is C11H14BrNO. The zero-order valence-electron chi connectivity index (χ0n) is 8.20. The molecule has 0 aromatic carbocycles. The minimum absolute atomic E-state index is 0.557. The molecule has 0 aliphatic rings. The van der Waals surface area contributed by atoms with Gasteiger partial charge in [-0.15, -0.1) is 0 Å². The van der Waals surface area contributed by atoms with Crippen molar-refractivity contribution in [3.8, 4) is 0 Å². The molecule has 0 bridgehead atoms. The third-order valence-corrected chi connectivity index (χ3v) is 2.76. The molecule has 1 unspecified atom stereocenters. The van der Waals surface area contributed by atoms with E-state index in [1.807, 2.05) is 19.1 Å². The summed E-state index contributed by atoms with van der Waals surface area (Å²) >= 11 is 3.36. The fraction of sp³-hybridized carbons (Fsp3) is 0.364. The summed E-state index contributed by atoms with van der Waals surface area (Å²) in [7, 11) is 0. The fourth-order valence-electron chi connectivity index (χ4n) is 1.16. The van der Waals surface area contributed by atoms with E-state index in [9.17, 15) is 5.11 Å². The molecule has 0 radical (unpaired) electrons. The van der Waals surface area contributed by atoms with E-state index in [4.69, 9.17) is 0 Å². The van der Waals surface area contributed by atoms with E-state index in [1.54, 1.807) is 6.20 Å². The molecule has 0 aliphatic carbocycles. The van der Waals surface area contributed by atoms with E-state index in [1.165, 1.54) is 0 Å². The van der Waals surface area contributed by atoms with E-state index in [2.05, 4.69) is 27.5 Å². The monoisotopic (exact) mass is 255 g/mol. The zero-order chi connectivity index (χ0) is 10.6. The molecule has 2 nitrogen and oxygen atoms in total. The van der Waals surface area contributed by atoms with Gasteiger partial charge in [0.25, 0.3) is 0 Å². The van der Waals surface area contributed by atoms with Gasteiger partial charge >= 0.3 is 0 Å². The molecule has 1 N–H and O–H groups in total. The van der Waals surface area contributed by atoms with Crippen molar-refractivity contribution in [1.29, 1.82) is 0 Å². The van der Waals surface area contributed by atoms with Gasteiger partial charge in [0.05, 0.1) is 5.69 Å². The van der Waals surface area contributed by atoms with Crippen molar-refractivity contribution in [1.82, 2.24) is 4.98 Å². The first kappa shape index (κ1) is 11.4. The summed E-state index contributed by atoms with van der Waals surface area (Å²) in [6, 6.07) is 3.70. The summed E-state index contributed by atoms with van der Waals surface area (Å²) in [5, 5.41) is 9.85. The number of hydrogen-bond acceptors (Lipinski definition) is 2. The molecule has 3 heteroatoms. The summed E-state index contributed by atoms with van der Waals surface area (Å²) in [5.41, 5.74) is 1.72. The Morgan fingerprint density at radius 1 is 1.71 bits per heavy atom. The first-order valence-corrected chi connectivity index (χ1v) is 5.39. The van der Waals surface area contributed by atoms with Gasteiger partial charge in [0.1, 0.15) is 6.10 Å². The molecule has 0 aliphatic heterocycles. The number of aliphatic hydroxyl groups is 1. The number of aliphatic hydroxyl groups excluding tert-OH is 1. The largest absolute Gasteiger partial charge is 0.386 e. The molecule has 0 saturated carbocycles. The highest BCUT2D eigenvalue weighted by Gasteiger charge is 2.12. The van der Waals surface area contributed by atoms with E-state index < -0.39 is 6.10 Å². The molecule has 0 fully saturated rings. The molecule has 76 valence electrons. The van der Waals surface area contributed by atoms with E-state index in [0.717, 1.165) is 16.5 Å². The third kappa shape index (κ3) is 2.93. The number of rotatable bonds is 4. The molecular weight excluding hydrogens is 242 g/mol. The maximum Gasteiger partial charge on any atom is 0.101 e. The van der Waals surface area contributed by atoms with Gasteiger partial charge in [0.15, 0.2) is 0 Å². The van der Waals surface area contributed by atoms with Crippen molar-refractivity contribution in [2.24, 2.45) is 0 Å². The van der Waals surface area contributed by atoms with E-state index in [-0.39, 0.29) is 0 Å². The van der Waals surface area contributed by atoms with Gasteiger partial charge in [-0.1, -0.05) is 19.1 Å². The van der Waals surface area contributed by atoms with Gasteiger partial charge in [-0.25, -0.2) is 0 Å². The van der Waals surface area contributed by atoms with Crippen LogP contribution in [0.4, 0.5) is 0 Å². The van der Waals surface area contributed by atoms with Crippen LogP contribution in [-0.2, 0) is 0 Å². The maximum atomic E-state index is 9.85. The highest BCUT2D eigenvalue weighted by atomic mass is 79.9. The Labute approximate surface area is 92.8 Å². The van der Waals surface area contributed by atoms with Crippen LogP contribution >= 0.6 is 15.9 Å². The number of nitrogens with zero attached hydrogens (tertiary/aromatic N) is 1. The highest BCUT2D eigenvalue weighted by Crippen LogP contribution is 2.25. The number of aromatic nitrogens is 1. The Morgan fingerprint density at radius 3 is 3.00 bits per heavy atom. The van der Waals surface area contributed by atoms with Gasteiger partial charge in [-0.3, -0.25) is 4.98 Å². The van der Waals surface area contributed by atoms with Crippen LogP contribution in [0, 0.1) is 0 Å². The Kier molecular flexibility index (Phi) is 4.29. The first-order valence-electron chi connectivity index (χ1n) is 4.60. The SMILES string of the molecule is C=C(CC)CC(O)c1ncccc1Br. The molecule has 14 heavy (non-hydrogen) atoms. The van der Waals surface area contributed by atoms with Crippen molar-refractivity contribution < 1.29 is 5.11 Å². The van der Waals surface area contributed by atoms with E-state index in [0.29, 0.717) is 12.1 Å². The second kappa shape index (κ2) is 5.27. The summed E-state index contributed by atoms with van der Waals surface area (Å²) < 4.78 is 0.844. The Morgan fingerprint density at radius 2 is 2.43 bits per heavy atom. The standard InChI is InChI=1S/C11H14BrNO/c1-3-8(2)7-10(14)11-9(12)5-4-6-13-11/h4-6,10,14H,2-3,7H2,1H3. The van der Waals surface area contributed by atoms with Crippen LogP contribution in [0.1, 0.15) is 31.6 Å². The lowest BCUT2D eigenvalue weighted by atomic mass is 10.1. The van der Waals surface area contributed by atoms with Crippen LogP contribution in [0.5, 0.6) is 0 Å². The first-order chi connectivity index (χ1) is 6.65. The van der Waals surface area contributed by atoms with Crippen molar-refractivity contribution in [2.75, 3.05) is 0 Å². The summed E-state index contributed by atoms with van der Waals surface area (Å²) in [5.74, 6) is 0. The van der Waals surface area contributed by atoms with Gasteiger partial charge in [0.2, 0.25) is 0 Å². The highest BCUT2D eigenvalue weighted by molar-refractivity contribution is 9.10. The van der Waals surface area contributed by atoms with Gasteiger partial charge in [-0.05, 0) is 40.9 Å². The van der Waals surface area contributed by atoms with Gasteiger partial charge < -0.3 is 5.11 Å². The van der Waals surface area contributed by atoms with Crippen LogP contribution in [0.25, 0.3) is 0 Å².